The van der Waals surface area contributed by atoms with Crippen LogP contribution in [0.1, 0.15) is 10.4 Å². The maximum Gasteiger partial charge on any atom is 0.168 e. The number of phenolic OH excluding ortho intramolecular Hbond substituents is 1. The molecule has 0 spiro atoms. The van der Waals surface area contributed by atoms with Gasteiger partial charge in [0.1, 0.15) is 11.4 Å². The first-order valence-electron chi connectivity index (χ1n) is 6.20. The number of aldehydes is 1. The van der Waals surface area contributed by atoms with E-state index in [1.807, 2.05) is 6.07 Å². The zero-order valence-corrected chi connectivity index (χ0v) is 13.5. The van der Waals surface area contributed by atoms with Gasteiger partial charge in [-0.3, -0.25) is 4.79 Å². The van der Waals surface area contributed by atoms with Gasteiger partial charge in [-0.25, -0.2) is 0 Å². The lowest BCUT2D eigenvalue weighted by molar-refractivity contribution is 0.112. The number of nitrogens with zero attached hydrogens (tertiary/aromatic N) is 2. The molecule has 0 aliphatic rings. The van der Waals surface area contributed by atoms with Gasteiger partial charge in [0.2, 0.25) is 0 Å². The van der Waals surface area contributed by atoms with E-state index >= 15 is 0 Å². The highest BCUT2D eigenvalue weighted by molar-refractivity contribution is 9.10. The molecule has 0 fully saturated rings. The maximum atomic E-state index is 10.9. The fourth-order valence-electron chi connectivity index (χ4n) is 1.76. The van der Waals surface area contributed by atoms with Crippen LogP contribution in [0.2, 0.25) is 0 Å². The third kappa shape index (κ3) is 3.43. The molecule has 0 amide bonds. The van der Waals surface area contributed by atoms with Crippen molar-refractivity contribution in [1.29, 1.82) is 0 Å². The van der Waals surface area contributed by atoms with Gasteiger partial charge in [-0.2, -0.15) is 5.11 Å². The summed E-state index contributed by atoms with van der Waals surface area (Å²) in [5.41, 5.74) is 0.989. The summed E-state index contributed by atoms with van der Waals surface area (Å²) in [5.74, 6) is 0.485. The first-order chi connectivity index (χ1) is 10.6. The number of hydrogen-bond acceptors (Lipinski definition) is 6. The van der Waals surface area contributed by atoms with Gasteiger partial charge in [0.05, 0.1) is 25.5 Å². The normalized spacial score (nSPS) is 10.7. The number of ether oxygens (including phenoxy) is 2. The average molecular weight is 365 g/mol. The van der Waals surface area contributed by atoms with Gasteiger partial charge in [-0.15, -0.1) is 5.11 Å². The first kappa shape index (κ1) is 16.0. The van der Waals surface area contributed by atoms with Gasteiger partial charge in [0.25, 0.3) is 0 Å². The third-order valence-electron chi connectivity index (χ3n) is 2.85. The minimum Gasteiger partial charge on any atom is -0.504 e. The Morgan fingerprint density at radius 2 is 1.82 bits per heavy atom. The van der Waals surface area contributed by atoms with E-state index in [0.717, 1.165) is 4.47 Å². The minimum atomic E-state index is -0.224. The van der Waals surface area contributed by atoms with Crippen molar-refractivity contribution in [3.8, 4) is 17.2 Å². The van der Waals surface area contributed by atoms with Crippen LogP contribution in [0.25, 0.3) is 0 Å². The van der Waals surface area contributed by atoms with Gasteiger partial charge < -0.3 is 14.6 Å². The van der Waals surface area contributed by atoms with Crippen molar-refractivity contribution in [3.05, 3.63) is 40.4 Å². The zero-order chi connectivity index (χ0) is 16.1. The molecule has 1 N–H and O–H groups in total. The number of rotatable bonds is 5. The molecule has 114 valence electrons. The first-order valence-corrected chi connectivity index (χ1v) is 6.99. The van der Waals surface area contributed by atoms with Gasteiger partial charge in [-0.1, -0.05) is 15.9 Å². The molecule has 2 rings (SSSR count). The highest BCUT2D eigenvalue weighted by Gasteiger charge is 2.10. The van der Waals surface area contributed by atoms with Gasteiger partial charge in [0.15, 0.2) is 17.8 Å². The van der Waals surface area contributed by atoms with Crippen molar-refractivity contribution in [2.24, 2.45) is 10.2 Å². The molecular formula is C15H13BrN2O4. The highest BCUT2D eigenvalue weighted by Crippen LogP contribution is 2.36. The summed E-state index contributed by atoms with van der Waals surface area (Å²) in [4.78, 5) is 10.9. The highest BCUT2D eigenvalue weighted by atomic mass is 79.9. The van der Waals surface area contributed by atoms with Crippen molar-refractivity contribution in [1.82, 2.24) is 0 Å². The predicted octanol–water partition coefficient (Wildman–Crippen LogP) is 4.40. The lowest BCUT2D eigenvalue weighted by atomic mass is 10.2. The van der Waals surface area contributed by atoms with Crippen molar-refractivity contribution in [2.75, 3.05) is 14.2 Å². The van der Waals surface area contributed by atoms with E-state index in [1.54, 1.807) is 12.1 Å². The van der Waals surface area contributed by atoms with Crippen LogP contribution in [-0.4, -0.2) is 25.6 Å². The Labute approximate surface area is 135 Å². The monoisotopic (exact) mass is 364 g/mol. The Hall–Kier alpha value is -2.41. The number of hydrogen-bond donors (Lipinski definition) is 1. The van der Waals surface area contributed by atoms with E-state index in [1.165, 1.54) is 26.4 Å². The Kier molecular flexibility index (Phi) is 5.11. The number of azo groups is 1. The molecule has 0 saturated heterocycles. The van der Waals surface area contributed by atoms with Crippen LogP contribution >= 0.6 is 15.9 Å². The van der Waals surface area contributed by atoms with Crippen molar-refractivity contribution in [3.63, 3.8) is 0 Å². The number of carbonyl (C=O) groups is 1. The second-order valence-corrected chi connectivity index (χ2v) is 5.14. The SMILES string of the molecule is COc1cc(Br)ccc1N=Nc1cc(C=O)c(O)c(OC)c1. The summed E-state index contributed by atoms with van der Waals surface area (Å²) in [7, 11) is 2.93. The molecule has 2 aromatic carbocycles. The van der Waals surface area contributed by atoms with Crippen molar-refractivity contribution >= 4 is 33.6 Å². The zero-order valence-electron chi connectivity index (χ0n) is 11.9. The largest absolute Gasteiger partial charge is 0.504 e. The van der Waals surface area contributed by atoms with Crippen molar-refractivity contribution in [2.45, 2.75) is 0 Å². The summed E-state index contributed by atoms with van der Waals surface area (Å²) < 4.78 is 11.1. The summed E-state index contributed by atoms with van der Waals surface area (Å²) in [6, 6.07) is 8.22. The van der Waals surface area contributed by atoms with Gasteiger partial charge >= 0.3 is 0 Å². The predicted molar refractivity (Wildman–Crippen MR) is 84.9 cm³/mol. The molecule has 22 heavy (non-hydrogen) atoms. The molecule has 0 bridgehead atoms. The lowest BCUT2D eigenvalue weighted by Gasteiger charge is -2.06. The summed E-state index contributed by atoms with van der Waals surface area (Å²) in [6.45, 7) is 0. The number of halogens is 1. The standard InChI is InChI=1S/C15H13BrN2O4/c1-21-13-6-10(16)3-4-12(13)18-17-11-5-9(8-19)15(20)14(7-11)22-2/h3-8,20H,1-2H3. The van der Waals surface area contributed by atoms with Crippen LogP contribution in [0.4, 0.5) is 11.4 Å². The van der Waals surface area contributed by atoms with Crippen LogP contribution in [0.3, 0.4) is 0 Å². The summed E-state index contributed by atoms with van der Waals surface area (Å²) >= 11 is 3.34. The Bertz CT molecular complexity index is 732. The van der Waals surface area contributed by atoms with Crippen LogP contribution in [0.5, 0.6) is 17.2 Å². The molecule has 0 saturated carbocycles. The fourth-order valence-corrected chi connectivity index (χ4v) is 2.10. The number of phenols is 1. The van der Waals surface area contributed by atoms with E-state index in [4.69, 9.17) is 9.47 Å². The van der Waals surface area contributed by atoms with Crippen molar-refractivity contribution < 1.29 is 19.4 Å². The fraction of sp³-hybridized carbons (Fsp3) is 0.133. The molecular weight excluding hydrogens is 352 g/mol. The van der Waals surface area contributed by atoms with Gasteiger partial charge in [0, 0.05) is 10.5 Å². The molecule has 6 nitrogen and oxygen atoms in total. The topological polar surface area (TPSA) is 80.5 Å². The van der Waals surface area contributed by atoms with Crippen LogP contribution < -0.4 is 9.47 Å². The second-order valence-electron chi connectivity index (χ2n) is 4.22. The molecule has 0 unspecified atom stereocenters. The van der Waals surface area contributed by atoms with Crippen LogP contribution in [0.15, 0.2) is 45.0 Å². The summed E-state index contributed by atoms with van der Waals surface area (Å²) in [6.07, 6.45) is 0.525. The number of methoxy groups -OCH3 is 2. The Morgan fingerprint density at radius 3 is 2.45 bits per heavy atom. The van der Waals surface area contributed by atoms with E-state index in [0.29, 0.717) is 23.4 Å². The van der Waals surface area contributed by atoms with E-state index in [2.05, 4.69) is 26.2 Å². The van der Waals surface area contributed by atoms with E-state index in [-0.39, 0.29) is 17.1 Å². The molecule has 2 aromatic rings. The Morgan fingerprint density at radius 1 is 1.09 bits per heavy atom. The third-order valence-corrected chi connectivity index (χ3v) is 3.34. The number of benzene rings is 2. The molecule has 7 heteroatoms. The average Bonchev–Trinajstić information content (AvgIpc) is 2.54. The summed E-state index contributed by atoms with van der Waals surface area (Å²) in [5, 5.41) is 17.9. The van der Waals surface area contributed by atoms with E-state index < -0.39 is 0 Å². The lowest BCUT2D eigenvalue weighted by Crippen LogP contribution is -1.88. The van der Waals surface area contributed by atoms with Crippen LogP contribution in [0, 0.1) is 0 Å². The molecule has 0 heterocycles. The molecule has 0 atom stereocenters. The van der Waals surface area contributed by atoms with E-state index in [9.17, 15) is 9.90 Å². The van der Waals surface area contributed by atoms with Crippen LogP contribution in [-0.2, 0) is 0 Å². The smallest absolute Gasteiger partial charge is 0.168 e. The number of carbonyl (C=O) groups excluding carboxylic acids is 1. The van der Waals surface area contributed by atoms with Gasteiger partial charge in [-0.05, 0) is 24.3 Å². The molecule has 0 aliphatic carbocycles. The minimum absolute atomic E-state index is 0.0797. The molecule has 0 radical (unpaired) electrons. The molecule has 0 aliphatic heterocycles. The number of aromatic hydroxyl groups is 1. The molecule has 0 aromatic heterocycles. The quantitative estimate of drug-likeness (QED) is 0.629. The Balaban J connectivity index is 2.40. The second kappa shape index (κ2) is 7.04. The maximum absolute atomic E-state index is 10.9.